The van der Waals surface area contributed by atoms with Gasteiger partial charge in [0.2, 0.25) is 0 Å². The van der Waals surface area contributed by atoms with Gasteiger partial charge >= 0.3 is 10.1 Å². The maximum Gasteiger partial charge on any atom is 0.333 e. The zero-order valence-corrected chi connectivity index (χ0v) is 17.3. The van der Waals surface area contributed by atoms with Crippen LogP contribution in [0.5, 0.6) is 5.75 Å². The Morgan fingerprint density at radius 1 is 1.13 bits per heavy atom. The number of fused-ring (bicyclic) bond motifs is 2. The highest BCUT2D eigenvalue weighted by molar-refractivity contribution is 7.86. The molecule has 1 aromatic carbocycles. The Balaban J connectivity index is 1.49. The summed E-state index contributed by atoms with van der Waals surface area (Å²) in [6.45, 7) is 2.64. The number of nitrogens with one attached hydrogen (secondary N) is 2. The lowest BCUT2D eigenvalue weighted by Gasteiger charge is -2.11. The number of ether oxygens (including phenoxy) is 2. The summed E-state index contributed by atoms with van der Waals surface area (Å²) >= 11 is 0. The Kier molecular flexibility index (Phi) is 5.66. The van der Waals surface area contributed by atoms with Gasteiger partial charge in [0, 0.05) is 43.5 Å². The van der Waals surface area contributed by atoms with Gasteiger partial charge in [-0.25, -0.2) is 9.97 Å². The summed E-state index contributed by atoms with van der Waals surface area (Å²) in [6, 6.07) is 5.20. The van der Waals surface area contributed by atoms with E-state index in [-0.39, 0.29) is 11.8 Å². The summed E-state index contributed by atoms with van der Waals surface area (Å²) in [5, 5.41) is 6.30. The highest BCUT2D eigenvalue weighted by Gasteiger charge is 2.23. The number of rotatable bonds is 9. The summed E-state index contributed by atoms with van der Waals surface area (Å²) in [5.41, 5.74) is 2.90. The van der Waals surface area contributed by atoms with Crippen LogP contribution in [0.2, 0.25) is 0 Å². The molecule has 2 N–H and O–H groups in total. The minimum atomic E-state index is -4.15. The first-order chi connectivity index (χ1) is 14.5. The molecule has 11 heteroatoms. The molecule has 0 bridgehead atoms. The van der Waals surface area contributed by atoms with E-state index in [0.29, 0.717) is 41.3 Å². The van der Waals surface area contributed by atoms with E-state index in [1.165, 1.54) is 0 Å². The SMILES string of the molecule is COCCCOc1ccnc(COS(=O)(=O)c2nc3cc4c[nH][nH]c4cc3n2)c1C. The molecule has 0 spiro atoms. The van der Waals surface area contributed by atoms with E-state index in [1.54, 1.807) is 44.6 Å². The minimum absolute atomic E-state index is 0.246. The summed E-state index contributed by atoms with van der Waals surface area (Å²) in [6.07, 6.45) is 4.05. The molecular formula is C19H21N5O5S. The van der Waals surface area contributed by atoms with Crippen LogP contribution < -0.4 is 4.74 Å². The van der Waals surface area contributed by atoms with Crippen molar-refractivity contribution in [3.05, 3.63) is 41.9 Å². The van der Waals surface area contributed by atoms with E-state index >= 15 is 0 Å². The zero-order chi connectivity index (χ0) is 21.1. The van der Waals surface area contributed by atoms with Gasteiger partial charge < -0.3 is 19.7 Å². The van der Waals surface area contributed by atoms with Crippen LogP contribution in [0, 0.1) is 6.92 Å². The van der Waals surface area contributed by atoms with Gasteiger partial charge in [-0.15, -0.1) is 0 Å². The van der Waals surface area contributed by atoms with Crippen LogP contribution in [-0.4, -0.2) is 53.9 Å². The number of hydrogen-bond acceptors (Lipinski definition) is 8. The van der Waals surface area contributed by atoms with Crippen molar-refractivity contribution in [2.24, 2.45) is 0 Å². The molecular weight excluding hydrogens is 410 g/mol. The number of hydrogen-bond donors (Lipinski definition) is 2. The second kappa shape index (κ2) is 8.38. The fourth-order valence-electron chi connectivity index (χ4n) is 2.97. The summed E-state index contributed by atoms with van der Waals surface area (Å²) in [4.78, 5) is 12.4. The average Bonchev–Trinajstić information content (AvgIpc) is 3.35. The van der Waals surface area contributed by atoms with Crippen molar-refractivity contribution in [3.8, 4) is 5.75 Å². The van der Waals surface area contributed by atoms with E-state index in [4.69, 9.17) is 13.7 Å². The van der Waals surface area contributed by atoms with Gasteiger partial charge in [-0.1, -0.05) is 0 Å². The van der Waals surface area contributed by atoms with Crippen molar-refractivity contribution in [2.75, 3.05) is 20.3 Å². The number of pyridine rings is 1. The monoisotopic (exact) mass is 431 g/mol. The molecule has 30 heavy (non-hydrogen) atoms. The highest BCUT2D eigenvalue weighted by Crippen LogP contribution is 2.24. The second-order valence-corrected chi connectivity index (χ2v) is 8.15. The van der Waals surface area contributed by atoms with Crippen LogP contribution in [0.4, 0.5) is 0 Å². The lowest BCUT2D eigenvalue weighted by atomic mass is 10.2. The lowest BCUT2D eigenvalue weighted by molar-refractivity contribution is 0.171. The van der Waals surface area contributed by atoms with Crippen LogP contribution >= 0.6 is 0 Å². The first-order valence-corrected chi connectivity index (χ1v) is 10.7. The van der Waals surface area contributed by atoms with E-state index in [2.05, 4.69) is 25.1 Å². The standard InChI is InChI=1S/C19H21N5O5S/c1-12-17(20-5-4-18(12)28-7-3-6-27-2)11-29-30(25,26)19-22-15-8-13-10-21-24-14(13)9-16(15)23-19/h4-5,8-10,21,24H,3,6-7,11H2,1-2H3. The number of methoxy groups -OCH3 is 1. The van der Waals surface area contributed by atoms with Gasteiger partial charge in [0.25, 0.3) is 5.16 Å². The van der Waals surface area contributed by atoms with Gasteiger partial charge in [0.05, 0.1) is 28.9 Å². The highest BCUT2D eigenvalue weighted by atomic mass is 32.2. The van der Waals surface area contributed by atoms with E-state index in [0.717, 1.165) is 17.3 Å². The molecule has 0 aliphatic heterocycles. The molecule has 158 valence electrons. The van der Waals surface area contributed by atoms with Crippen molar-refractivity contribution in [3.63, 3.8) is 0 Å². The lowest BCUT2D eigenvalue weighted by Crippen LogP contribution is -2.10. The van der Waals surface area contributed by atoms with Gasteiger partial charge in [-0.2, -0.15) is 8.42 Å². The molecule has 0 unspecified atom stereocenters. The Hall–Kier alpha value is -3.02. The Morgan fingerprint density at radius 3 is 2.73 bits per heavy atom. The normalized spacial score (nSPS) is 12.1. The number of aromatic nitrogens is 5. The van der Waals surface area contributed by atoms with Gasteiger partial charge in [0.15, 0.2) is 0 Å². The Morgan fingerprint density at radius 2 is 1.93 bits per heavy atom. The third-order valence-electron chi connectivity index (χ3n) is 4.60. The molecule has 10 nitrogen and oxygen atoms in total. The number of nitrogens with zero attached hydrogens (tertiary/aromatic N) is 3. The fourth-order valence-corrected chi connectivity index (χ4v) is 3.76. The quantitative estimate of drug-likeness (QED) is 0.305. The minimum Gasteiger partial charge on any atom is -0.493 e. The molecule has 4 aromatic rings. The Bertz CT molecular complexity index is 1230. The molecule has 0 amide bonds. The maximum absolute atomic E-state index is 12.6. The first-order valence-electron chi connectivity index (χ1n) is 9.27. The average molecular weight is 431 g/mol. The molecule has 4 rings (SSSR count). The van der Waals surface area contributed by atoms with E-state index < -0.39 is 10.1 Å². The van der Waals surface area contributed by atoms with Gasteiger partial charge in [-0.05, 0) is 25.1 Å². The maximum atomic E-state index is 12.6. The molecule has 0 atom stereocenters. The third kappa shape index (κ3) is 4.13. The van der Waals surface area contributed by atoms with Crippen molar-refractivity contribution >= 4 is 32.1 Å². The number of benzene rings is 1. The molecule has 0 fully saturated rings. The van der Waals surface area contributed by atoms with Crippen LogP contribution in [-0.2, 0) is 25.6 Å². The van der Waals surface area contributed by atoms with Crippen LogP contribution in [0.25, 0.3) is 21.9 Å². The third-order valence-corrected chi connectivity index (χ3v) is 5.65. The molecule has 3 aromatic heterocycles. The predicted octanol–water partition coefficient (Wildman–Crippen LogP) is 2.46. The molecule has 0 aliphatic rings. The first kappa shape index (κ1) is 20.3. The van der Waals surface area contributed by atoms with E-state index in [9.17, 15) is 8.42 Å². The van der Waals surface area contributed by atoms with Crippen molar-refractivity contribution in [1.82, 2.24) is 25.1 Å². The molecule has 0 saturated heterocycles. The molecule has 0 aliphatic carbocycles. The molecule has 0 radical (unpaired) electrons. The van der Waals surface area contributed by atoms with Crippen molar-refractivity contribution in [1.29, 1.82) is 0 Å². The van der Waals surface area contributed by atoms with Gasteiger partial charge in [-0.3, -0.25) is 9.17 Å². The summed E-state index contributed by atoms with van der Waals surface area (Å²) in [5.74, 6) is 0.624. The summed E-state index contributed by atoms with van der Waals surface area (Å²) < 4.78 is 41.1. The van der Waals surface area contributed by atoms with Crippen LogP contribution in [0.3, 0.4) is 0 Å². The predicted molar refractivity (Wildman–Crippen MR) is 109 cm³/mol. The largest absolute Gasteiger partial charge is 0.493 e. The smallest absolute Gasteiger partial charge is 0.333 e. The number of H-pyrrole nitrogens is 2. The number of aromatic amines is 2. The summed E-state index contributed by atoms with van der Waals surface area (Å²) in [7, 11) is -2.52. The Labute approximate surface area is 172 Å². The molecule has 3 heterocycles. The zero-order valence-electron chi connectivity index (χ0n) is 16.5. The van der Waals surface area contributed by atoms with Crippen LogP contribution in [0.15, 0.2) is 35.7 Å². The van der Waals surface area contributed by atoms with E-state index in [1.807, 2.05) is 0 Å². The topological polar surface area (TPSA) is 132 Å². The van der Waals surface area contributed by atoms with Crippen molar-refractivity contribution in [2.45, 2.75) is 25.1 Å². The van der Waals surface area contributed by atoms with Crippen molar-refractivity contribution < 1.29 is 22.1 Å². The fraction of sp³-hybridized carbons (Fsp3) is 0.316. The second-order valence-electron chi connectivity index (χ2n) is 6.64. The molecule has 0 saturated carbocycles. The number of imidazole rings is 1. The van der Waals surface area contributed by atoms with Gasteiger partial charge in [0.1, 0.15) is 12.4 Å². The van der Waals surface area contributed by atoms with Crippen LogP contribution in [0.1, 0.15) is 17.7 Å².